The van der Waals surface area contributed by atoms with Crippen LogP contribution in [0.3, 0.4) is 0 Å². The summed E-state index contributed by atoms with van der Waals surface area (Å²) < 4.78 is 6.10. The van der Waals surface area contributed by atoms with Gasteiger partial charge in [-0.3, -0.25) is 19.3 Å². The van der Waals surface area contributed by atoms with Crippen molar-refractivity contribution in [1.29, 1.82) is 0 Å². The number of nitrogens with zero attached hydrogens (tertiary/aromatic N) is 2. The second kappa shape index (κ2) is 10.9. The number of fused-ring (bicyclic) bond motifs is 1. The van der Waals surface area contributed by atoms with Crippen LogP contribution in [0, 0.1) is 11.3 Å². The summed E-state index contributed by atoms with van der Waals surface area (Å²) in [5, 5.41) is 9.26. The molecular weight excluding hydrogens is 470 g/mol. The SMILES string of the molecule is CC(CC(C(N)=O)N1Cc2c(OCc3ccc(CN4CCC(C)(C)CC4)cc3)cccc2C1=O)C(=O)O. The van der Waals surface area contributed by atoms with Crippen LogP contribution in [0.4, 0.5) is 0 Å². The lowest BCUT2D eigenvalue weighted by Crippen LogP contribution is -2.46. The van der Waals surface area contributed by atoms with Crippen LogP contribution < -0.4 is 10.5 Å². The topological polar surface area (TPSA) is 113 Å². The summed E-state index contributed by atoms with van der Waals surface area (Å²) in [7, 11) is 0. The number of likely N-dealkylation sites (tertiary alicyclic amines) is 1. The summed E-state index contributed by atoms with van der Waals surface area (Å²) in [6.07, 6.45) is 2.40. The Kier molecular flexibility index (Phi) is 7.87. The van der Waals surface area contributed by atoms with Gasteiger partial charge in [0.1, 0.15) is 18.4 Å². The van der Waals surface area contributed by atoms with Gasteiger partial charge in [-0.25, -0.2) is 0 Å². The van der Waals surface area contributed by atoms with Gasteiger partial charge in [0, 0.05) is 17.7 Å². The minimum Gasteiger partial charge on any atom is -0.489 e. The van der Waals surface area contributed by atoms with Gasteiger partial charge in [-0.05, 0) is 61.0 Å². The van der Waals surface area contributed by atoms with E-state index in [0.717, 1.165) is 25.2 Å². The predicted molar refractivity (Wildman–Crippen MR) is 140 cm³/mol. The number of carboxylic acids is 1. The van der Waals surface area contributed by atoms with Crippen molar-refractivity contribution >= 4 is 17.8 Å². The Balaban J connectivity index is 1.39. The molecule has 8 nitrogen and oxygen atoms in total. The van der Waals surface area contributed by atoms with E-state index in [1.807, 2.05) is 0 Å². The molecule has 1 saturated heterocycles. The molecule has 0 saturated carbocycles. The van der Waals surface area contributed by atoms with Crippen molar-refractivity contribution in [2.75, 3.05) is 13.1 Å². The highest BCUT2D eigenvalue weighted by Gasteiger charge is 2.38. The van der Waals surface area contributed by atoms with Crippen LogP contribution in [-0.2, 0) is 29.3 Å². The van der Waals surface area contributed by atoms with Gasteiger partial charge in [0.25, 0.3) is 5.91 Å². The Hall–Kier alpha value is -3.39. The molecule has 4 rings (SSSR count). The third-order valence-electron chi connectivity index (χ3n) is 7.69. The van der Waals surface area contributed by atoms with E-state index in [1.165, 1.54) is 30.2 Å². The second-order valence-electron chi connectivity index (χ2n) is 11.2. The average molecular weight is 508 g/mol. The Morgan fingerprint density at radius 1 is 1.08 bits per heavy atom. The minimum absolute atomic E-state index is 0.0396. The van der Waals surface area contributed by atoms with Crippen molar-refractivity contribution in [3.63, 3.8) is 0 Å². The Bertz CT molecular complexity index is 1150. The predicted octanol–water partition coefficient (Wildman–Crippen LogP) is 3.81. The largest absolute Gasteiger partial charge is 0.489 e. The standard InChI is InChI=1S/C29H37N3O5/c1-19(28(35)36)15-24(26(30)33)32-17-23-22(27(32)34)5-4-6-25(23)37-18-21-9-7-20(8-10-21)16-31-13-11-29(2,3)12-14-31/h4-10,19,24H,11-18H2,1-3H3,(H2,30,33)(H,35,36). The first-order valence-electron chi connectivity index (χ1n) is 12.9. The van der Waals surface area contributed by atoms with E-state index in [2.05, 4.69) is 43.0 Å². The zero-order valence-corrected chi connectivity index (χ0v) is 21.9. The van der Waals surface area contributed by atoms with Crippen molar-refractivity contribution in [1.82, 2.24) is 9.80 Å². The molecule has 8 heteroatoms. The molecule has 0 aromatic heterocycles. The van der Waals surface area contributed by atoms with Gasteiger partial charge in [-0.2, -0.15) is 0 Å². The molecule has 3 N–H and O–H groups in total. The number of ether oxygens (including phenoxy) is 1. The molecule has 0 aliphatic carbocycles. The maximum Gasteiger partial charge on any atom is 0.306 e. The summed E-state index contributed by atoms with van der Waals surface area (Å²) in [6, 6.07) is 12.7. The van der Waals surface area contributed by atoms with Crippen molar-refractivity contribution in [2.24, 2.45) is 17.1 Å². The average Bonchev–Trinajstić information content (AvgIpc) is 3.19. The molecule has 2 aromatic carbocycles. The number of hydrogen-bond donors (Lipinski definition) is 2. The number of carboxylic acid groups (broad SMARTS) is 1. The first kappa shape index (κ1) is 26.7. The molecule has 0 spiro atoms. The van der Waals surface area contributed by atoms with Gasteiger partial charge in [-0.1, -0.05) is 51.1 Å². The number of carbonyl (C=O) groups is 3. The summed E-state index contributed by atoms with van der Waals surface area (Å²) in [5.74, 6) is -2.33. The number of nitrogens with two attached hydrogens (primary N) is 1. The van der Waals surface area contributed by atoms with Crippen LogP contribution in [0.25, 0.3) is 0 Å². The van der Waals surface area contributed by atoms with Crippen molar-refractivity contribution < 1.29 is 24.2 Å². The molecule has 2 aliphatic rings. The lowest BCUT2D eigenvalue weighted by Gasteiger charge is -2.36. The fourth-order valence-electron chi connectivity index (χ4n) is 5.02. The molecular formula is C29H37N3O5. The highest BCUT2D eigenvalue weighted by molar-refractivity contribution is 6.01. The fraction of sp³-hybridized carbons (Fsp3) is 0.483. The molecule has 2 heterocycles. The van der Waals surface area contributed by atoms with Gasteiger partial charge in [0.2, 0.25) is 5.91 Å². The first-order valence-corrected chi connectivity index (χ1v) is 12.9. The van der Waals surface area contributed by atoms with Gasteiger partial charge in [0.15, 0.2) is 0 Å². The Labute approximate surface area is 218 Å². The molecule has 0 bridgehead atoms. The molecule has 2 amide bonds. The van der Waals surface area contributed by atoms with Crippen molar-refractivity contribution in [3.8, 4) is 5.75 Å². The minimum atomic E-state index is -1.04. The molecule has 2 atom stereocenters. The van der Waals surface area contributed by atoms with Gasteiger partial charge < -0.3 is 20.5 Å². The van der Waals surface area contributed by atoms with Crippen LogP contribution in [-0.4, -0.2) is 51.8 Å². The van der Waals surface area contributed by atoms with E-state index < -0.39 is 23.8 Å². The maximum atomic E-state index is 13.1. The summed E-state index contributed by atoms with van der Waals surface area (Å²) >= 11 is 0. The van der Waals surface area contributed by atoms with Crippen LogP contribution >= 0.6 is 0 Å². The molecule has 37 heavy (non-hydrogen) atoms. The van der Waals surface area contributed by atoms with E-state index in [4.69, 9.17) is 10.5 Å². The summed E-state index contributed by atoms with van der Waals surface area (Å²) in [4.78, 5) is 40.4. The number of primary amides is 1. The van der Waals surface area contributed by atoms with E-state index in [-0.39, 0.29) is 18.9 Å². The van der Waals surface area contributed by atoms with Gasteiger partial charge in [0.05, 0.1) is 12.5 Å². The molecule has 2 unspecified atom stereocenters. The summed E-state index contributed by atoms with van der Waals surface area (Å²) in [5.41, 5.74) is 9.43. The highest BCUT2D eigenvalue weighted by atomic mass is 16.5. The first-order chi connectivity index (χ1) is 17.5. The lowest BCUT2D eigenvalue weighted by atomic mass is 9.82. The normalized spacial score (nSPS) is 18.8. The Morgan fingerprint density at radius 3 is 2.35 bits per heavy atom. The molecule has 198 valence electrons. The quantitative estimate of drug-likeness (QED) is 0.506. The highest BCUT2D eigenvalue weighted by Crippen LogP contribution is 2.34. The number of carbonyl (C=O) groups excluding carboxylic acids is 2. The van der Waals surface area contributed by atoms with E-state index in [9.17, 15) is 19.5 Å². The van der Waals surface area contributed by atoms with E-state index in [0.29, 0.717) is 28.9 Å². The smallest absolute Gasteiger partial charge is 0.306 e. The van der Waals surface area contributed by atoms with E-state index in [1.54, 1.807) is 18.2 Å². The van der Waals surface area contributed by atoms with Crippen LogP contribution in [0.15, 0.2) is 42.5 Å². The second-order valence-corrected chi connectivity index (χ2v) is 11.2. The monoisotopic (exact) mass is 507 g/mol. The third-order valence-corrected chi connectivity index (χ3v) is 7.69. The van der Waals surface area contributed by atoms with Crippen LogP contribution in [0.2, 0.25) is 0 Å². The van der Waals surface area contributed by atoms with Crippen LogP contribution in [0.5, 0.6) is 5.75 Å². The maximum absolute atomic E-state index is 13.1. The van der Waals surface area contributed by atoms with Gasteiger partial charge >= 0.3 is 5.97 Å². The zero-order chi connectivity index (χ0) is 26.7. The van der Waals surface area contributed by atoms with Crippen molar-refractivity contribution in [2.45, 2.75) is 65.8 Å². The number of piperidine rings is 1. The number of amides is 2. The van der Waals surface area contributed by atoms with Crippen LogP contribution in [0.1, 0.15) is 67.1 Å². The molecule has 2 aliphatic heterocycles. The Morgan fingerprint density at radius 2 is 1.73 bits per heavy atom. The number of aliphatic carboxylic acids is 1. The van der Waals surface area contributed by atoms with Crippen molar-refractivity contribution in [3.05, 3.63) is 64.7 Å². The number of hydrogen-bond acceptors (Lipinski definition) is 5. The molecule has 1 fully saturated rings. The number of rotatable bonds is 10. The zero-order valence-electron chi connectivity index (χ0n) is 21.9. The molecule has 2 aromatic rings. The molecule has 0 radical (unpaired) electrons. The lowest BCUT2D eigenvalue weighted by molar-refractivity contribution is -0.142. The fourth-order valence-corrected chi connectivity index (χ4v) is 5.02. The third kappa shape index (κ3) is 6.31. The van der Waals surface area contributed by atoms with Gasteiger partial charge in [-0.15, -0.1) is 0 Å². The van der Waals surface area contributed by atoms with E-state index >= 15 is 0 Å². The summed E-state index contributed by atoms with van der Waals surface area (Å²) in [6.45, 7) is 9.86. The number of benzene rings is 2.